The average Bonchev–Trinajstić information content (AvgIpc) is 3.08. The number of allylic oxidation sites excluding steroid dienone is 4. The quantitative estimate of drug-likeness (QED) is 0.346. The largest absolute Gasteiger partial charge is 0.477 e. The van der Waals surface area contributed by atoms with Crippen molar-refractivity contribution >= 4 is 34.7 Å². The standard InChI is InChI=1S/C29H28F3N3O3/c1-18(19-9-12-22(30)13-10-19)33-27(36)21-11-14-24-26(16-21)34-23(8-5-15-29(31,32)28(37)38)17-25(35-24)20-6-3-2-4-7-20/h2-3,7,9-14,16,18H,4-6,8,15,17H2,1H3,(H,33,36)(H,37,38). The second-order valence-electron chi connectivity index (χ2n) is 9.37. The number of benzene rings is 2. The summed E-state index contributed by atoms with van der Waals surface area (Å²) >= 11 is 0. The van der Waals surface area contributed by atoms with Gasteiger partial charge in [0, 0.05) is 29.8 Å². The summed E-state index contributed by atoms with van der Waals surface area (Å²) in [7, 11) is 0. The number of alkyl halides is 2. The normalized spacial score (nSPS) is 15.9. The van der Waals surface area contributed by atoms with Crippen LogP contribution in [0.2, 0.25) is 0 Å². The van der Waals surface area contributed by atoms with Gasteiger partial charge in [0.15, 0.2) is 0 Å². The minimum Gasteiger partial charge on any atom is -0.477 e. The van der Waals surface area contributed by atoms with Crippen molar-refractivity contribution in [3.8, 4) is 0 Å². The number of carbonyl (C=O) groups excluding carboxylic acids is 1. The van der Waals surface area contributed by atoms with Gasteiger partial charge in [0.25, 0.3) is 5.91 Å². The zero-order valence-electron chi connectivity index (χ0n) is 20.9. The fourth-order valence-corrected chi connectivity index (χ4v) is 4.34. The molecule has 1 heterocycles. The Morgan fingerprint density at radius 2 is 1.84 bits per heavy atom. The molecule has 2 aliphatic rings. The fourth-order valence-electron chi connectivity index (χ4n) is 4.34. The van der Waals surface area contributed by atoms with Crippen LogP contribution in [0, 0.1) is 5.82 Å². The molecule has 0 aromatic heterocycles. The number of carboxylic acid groups (broad SMARTS) is 1. The van der Waals surface area contributed by atoms with Gasteiger partial charge in [0.05, 0.1) is 17.4 Å². The van der Waals surface area contributed by atoms with E-state index in [1.165, 1.54) is 12.1 Å². The molecule has 1 amide bonds. The van der Waals surface area contributed by atoms with E-state index in [0.717, 1.165) is 23.3 Å². The Morgan fingerprint density at radius 3 is 2.53 bits per heavy atom. The predicted molar refractivity (Wildman–Crippen MR) is 140 cm³/mol. The first-order chi connectivity index (χ1) is 18.1. The molecule has 4 rings (SSSR count). The molecule has 0 saturated carbocycles. The number of aliphatic carboxylic acids is 1. The lowest BCUT2D eigenvalue weighted by molar-refractivity contribution is -0.165. The molecular formula is C29H28F3N3O3. The molecule has 1 unspecified atom stereocenters. The Bertz CT molecular complexity index is 1340. The number of carbonyl (C=O) groups is 2. The Balaban J connectivity index is 1.58. The van der Waals surface area contributed by atoms with E-state index >= 15 is 0 Å². The van der Waals surface area contributed by atoms with Crippen molar-refractivity contribution < 1.29 is 27.9 Å². The highest BCUT2D eigenvalue weighted by atomic mass is 19.3. The molecule has 1 aliphatic carbocycles. The molecule has 9 heteroatoms. The molecule has 0 spiro atoms. The SMILES string of the molecule is CC(NC(=O)c1ccc2c(c1)N=C(CCCC(F)(F)C(=O)O)CC(C1=CCC=CC1)=N2)c1ccc(F)cc1. The first-order valence-corrected chi connectivity index (χ1v) is 12.4. The van der Waals surface area contributed by atoms with E-state index in [1.54, 1.807) is 37.3 Å². The highest BCUT2D eigenvalue weighted by molar-refractivity contribution is 6.15. The lowest BCUT2D eigenvalue weighted by atomic mass is 9.95. The van der Waals surface area contributed by atoms with Crippen LogP contribution < -0.4 is 5.32 Å². The van der Waals surface area contributed by atoms with E-state index in [2.05, 4.69) is 22.5 Å². The van der Waals surface area contributed by atoms with Crippen molar-refractivity contribution in [2.24, 2.45) is 9.98 Å². The molecule has 2 aromatic rings. The number of halogens is 3. The average molecular weight is 524 g/mol. The molecule has 0 bridgehead atoms. The van der Waals surface area contributed by atoms with Gasteiger partial charge in [-0.05, 0) is 74.1 Å². The van der Waals surface area contributed by atoms with Crippen LogP contribution in [0.5, 0.6) is 0 Å². The minimum atomic E-state index is -3.80. The van der Waals surface area contributed by atoms with Crippen LogP contribution in [-0.4, -0.2) is 34.3 Å². The number of hydrogen-bond acceptors (Lipinski definition) is 4. The van der Waals surface area contributed by atoms with Crippen LogP contribution in [0.15, 0.2) is 76.3 Å². The summed E-state index contributed by atoms with van der Waals surface area (Å²) in [4.78, 5) is 33.3. The monoisotopic (exact) mass is 523 g/mol. The van der Waals surface area contributed by atoms with Gasteiger partial charge in [-0.1, -0.05) is 30.4 Å². The zero-order chi connectivity index (χ0) is 27.3. The van der Waals surface area contributed by atoms with Crippen molar-refractivity contribution in [2.75, 3.05) is 0 Å². The highest BCUT2D eigenvalue weighted by Crippen LogP contribution is 2.35. The molecular weight excluding hydrogens is 495 g/mol. The molecule has 2 aromatic carbocycles. The maximum atomic E-state index is 13.6. The maximum Gasteiger partial charge on any atom is 0.374 e. The topological polar surface area (TPSA) is 91.1 Å². The van der Waals surface area contributed by atoms with Crippen LogP contribution in [0.3, 0.4) is 0 Å². The van der Waals surface area contributed by atoms with Gasteiger partial charge in [0.1, 0.15) is 5.82 Å². The second-order valence-corrected chi connectivity index (χ2v) is 9.37. The maximum absolute atomic E-state index is 13.6. The van der Waals surface area contributed by atoms with Crippen LogP contribution in [-0.2, 0) is 4.79 Å². The van der Waals surface area contributed by atoms with E-state index in [-0.39, 0.29) is 30.6 Å². The van der Waals surface area contributed by atoms with Gasteiger partial charge in [0.2, 0.25) is 0 Å². The van der Waals surface area contributed by atoms with E-state index in [0.29, 0.717) is 35.5 Å². The summed E-state index contributed by atoms with van der Waals surface area (Å²) in [6.07, 6.45) is 7.28. The summed E-state index contributed by atoms with van der Waals surface area (Å²) in [5, 5.41) is 11.6. The molecule has 0 saturated heterocycles. The van der Waals surface area contributed by atoms with Crippen molar-refractivity contribution in [1.29, 1.82) is 0 Å². The fraction of sp³-hybridized carbons (Fsp3) is 0.310. The molecule has 38 heavy (non-hydrogen) atoms. The Labute approximate surface area is 218 Å². The van der Waals surface area contributed by atoms with E-state index < -0.39 is 18.3 Å². The van der Waals surface area contributed by atoms with Crippen molar-refractivity contribution in [3.63, 3.8) is 0 Å². The number of amides is 1. The molecule has 1 atom stereocenters. The third-order valence-corrected chi connectivity index (χ3v) is 6.51. The Hall–Kier alpha value is -4.01. The third kappa shape index (κ3) is 6.65. The van der Waals surface area contributed by atoms with Gasteiger partial charge >= 0.3 is 11.9 Å². The van der Waals surface area contributed by atoms with Crippen LogP contribution in [0.4, 0.5) is 24.5 Å². The van der Waals surface area contributed by atoms with Crippen molar-refractivity contribution in [1.82, 2.24) is 5.32 Å². The van der Waals surface area contributed by atoms with Gasteiger partial charge in [-0.25, -0.2) is 9.18 Å². The molecule has 198 valence electrons. The summed E-state index contributed by atoms with van der Waals surface area (Å²) in [6.45, 7) is 1.79. The summed E-state index contributed by atoms with van der Waals surface area (Å²) in [6, 6.07) is 10.5. The minimum absolute atomic E-state index is 0.0605. The van der Waals surface area contributed by atoms with Crippen LogP contribution in [0.25, 0.3) is 0 Å². The Kier molecular flexibility index (Phi) is 8.24. The van der Waals surface area contributed by atoms with Gasteiger partial charge in [-0.3, -0.25) is 14.8 Å². The predicted octanol–water partition coefficient (Wildman–Crippen LogP) is 7.03. The van der Waals surface area contributed by atoms with E-state index in [9.17, 15) is 22.8 Å². The lowest BCUT2D eigenvalue weighted by Gasteiger charge is -2.15. The molecule has 1 aliphatic heterocycles. The molecule has 6 nitrogen and oxygen atoms in total. The first kappa shape index (κ1) is 27.0. The molecule has 2 N–H and O–H groups in total. The van der Waals surface area contributed by atoms with Gasteiger partial charge < -0.3 is 10.4 Å². The smallest absolute Gasteiger partial charge is 0.374 e. The zero-order valence-corrected chi connectivity index (χ0v) is 20.9. The van der Waals surface area contributed by atoms with Crippen molar-refractivity contribution in [2.45, 2.75) is 57.4 Å². The van der Waals surface area contributed by atoms with Crippen LogP contribution in [0.1, 0.15) is 67.4 Å². The van der Waals surface area contributed by atoms with E-state index in [4.69, 9.17) is 10.1 Å². The van der Waals surface area contributed by atoms with Crippen molar-refractivity contribution in [3.05, 3.63) is 83.2 Å². The second kappa shape index (κ2) is 11.6. The Morgan fingerprint density at radius 1 is 1.08 bits per heavy atom. The van der Waals surface area contributed by atoms with Gasteiger partial charge in [-0.2, -0.15) is 8.78 Å². The number of nitrogens with one attached hydrogen (secondary N) is 1. The number of rotatable bonds is 9. The number of aliphatic imine (C=N–C) groups is 2. The lowest BCUT2D eigenvalue weighted by Crippen LogP contribution is -2.28. The van der Waals surface area contributed by atoms with Crippen LogP contribution >= 0.6 is 0 Å². The summed E-state index contributed by atoms with van der Waals surface area (Å²) in [5.41, 5.74) is 4.49. The number of carboxylic acids is 1. The van der Waals surface area contributed by atoms with Gasteiger partial charge in [-0.15, -0.1) is 0 Å². The highest BCUT2D eigenvalue weighted by Gasteiger charge is 2.38. The molecule has 0 radical (unpaired) electrons. The summed E-state index contributed by atoms with van der Waals surface area (Å²) < 4.78 is 40.5. The summed E-state index contributed by atoms with van der Waals surface area (Å²) in [5.74, 6) is -6.66. The third-order valence-electron chi connectivity index (χ3n) is 6.51. The first-order valence-electron chi connectivity index (χ1n) is 12.4. The number of nitrogens with zero attached hydrogens (tertiary/aromatic N) is 2. The van der Waals surface area contributed by atoms with E-state index in [1.807, 2.05) is 6.08 Å². The number of fused-ring (bicyclic) bond motifs is 1. The molecule has 0 fully saturated rings. The number of hydrogen-bond donors (Lipinski definition) is 2.